The summed E-state index contributed by atoms with van der Waals surface area (Å²) >= 11 is 0. The minimum atomic E-state index is -1.12. The molecule has 2 heterocycles. The van der Waals surface area contributed by atoms with Crippen molar-refractivity contribution in [2.24, 2.45) is 0 Å². The van der Waals surface area contributed by atoms with Crippen molar-refractivity contribution in [3.05, 3.63) is 83.3 Å². The molecule has 9 heteroatoms. The van der Waals surface area contributed by atoms with E-state index in [1.165, 1.54) is 6.26 Å². The number of hydrogen-bond acceptors (Lipinski definition) is 5. The molecule has 0 saturated heterocycles. The molecule has 0 bridgehead atoms. The van der Waals surface area contributed by atoms with Crippen molar-refractivity contribution in [2.45, 2.75) is 19.5 Å². The number of pyridine rings is 1. The van der Waals surface area contributed by atoms with E-state index in [2.05, 4.69) is 20.6 Å². The summed E-state index contributed by atoms with van der Waals surface area (Å²) in [6, 6.07) is 5.67. The van der Waals surface area contributed by atoms with E-state index in [9.17, 15) is 18.4 Å². The summed E-state index contributed by atoms with van der Waals surface area (Å²) in [5, 5.41) is 5.24. The molecule has 144 valence electrons. The van der Waals surface area contributed by atoms with Crippen molar-refractivity contribution in [3.8, 4) is 0 Å². The van der Waals surface area contributed by atoms with Gasteiger partial charge in [0.15, 0.2) is 17.3 Å². The molecule has 1 aromatic carbocycles. The fourth-order valence-corrected chi connectivity index (χ4v) is 2.34. The molecule has 2 aromatic heterocycles. The van der Waals surface area contributed by atoms with Gasteiger partial charge in [-0.1, -0.05) is 0 Å². The number of nitrogens with zero attached hydrogens (tertiary/aromatic N) is 2. The molecule has 0 radical (unpaired) electrons. The molecule has 7 nitrogen and oxygen atoms in total. The van der Waals surface area contributed by atoms with E-state index in [0.29, 0.717) is 6.54 Å². The molecule has 0 aliphatic carbocycles. The van der Waals surface area contributed by atoms with Gasteiger partial charge in [0.05, 0.1) is 0 Å². The summed E-state index contributed by atoms with van der Waals surface area (Å²) in [6.45, 7) is 1.88. The Morgan fingerprint density at radius 2 is 1.86 bits per heavy atom. The maximum Gasteiger partial charge on any atom is 0.273 e. The van der Waals surface area contributed by atoms with Crippen LogP contribution < -0.4 is 10.6 Å². The molecule has 1 atom stereocenters. The van der Waals surface area contributed by atoms with Gasteiger partial charge in [0, 0.05) is 24.5 Å². The zero-order chi connectivity index (χ0) is 20.1. The minimum absolute atomic E-state index is 0.0485. The maximum atomic E-state index is 13.3. The third-order valence-corrected chi connectivity index (χ3v) is 3.86. The lowest BCUT2D eigenvalue weighted by Gasteiger charge is -2.10. The van der Waals surface area contributed by atoms with Crippen LogP contribution in [0.5, 0.6) is 0 Å². The van der Waals surface area contributed by atoms with Crippen LogP contribution in [0.2, 0.25) is 0 Å². The average Bonchev–Trinajstić information content (AvgIpc) is 3.19. The Morgan fingerprint density at radius 3 is 2.57 bits per heavy atom. The van der Waals surface area contributed by atoms with E-state index in [0.717, 1.165) is 23.8 Å². The summed E-state index contributed by atoms with van der Waals surface area (Å²) in [4.78, 5) is 32.2. The van der Waals surface area contributed by atoms with E-state index in [-0.39, 0.29) is 17.1 Å². The Morgan fingerprint density at radius 1 is 1.11 bits per heavy atom. The molecular weight excluding hydrogens is 370 g/mol. The van der Waals surface area contributed by atoms with Gasteiger partial charge in [-0.2, -0.15) is 0 Å². The monoisotopic (exact) mass is 386 g/mol. The highest BCUT2D eigenvalue weighted by atomic mass is 19.2. The van der Waals surface area contributed by atoms with Crippen LogP contribution in [-0.2, 0) is 6.54 Å². The number of halogens is 2. The summed E-state index contributed by atoms with van der Waals surface area (Å²) in [5.41, 5.74) is 0.879. The summed E-state index contributed by atoms with van der Waals surface area (Å²) in [6.07, 6.45) is 4.41. The van der Waals surface area contributed by atoms with Gasteiger partial charge >= 0.3 is 0 Å². The second-order valence-electron chi connectivity index (χ2n) is 5.93. The second-order valence-corrected chi connectivity index (χ2v) is 5.93. The Labute approximate surface area is 158 Å². The standard InChI is InChI=1S/C19H16F2N4O3/c1-11(24-17(26)13-2-3-14(20)15(21)8-13)19-25-16(10-28-19)18(27)23-9-12-4-6-22-7-5-12/h2-8,10-11H,9H2,1H3,(H,23,27)(H,24,26)/t11-/m0/s1. The van der Waals surface area contributed by atoms with Gasteiger partial charge in [-0.3, -0.25) is 14.6 Å². The van der Waals surface area contributed by atoms with Crippen LogP contribution in [0, 0.1) is 11.6 Å². The smallest absolute Gasteiger partial charge is 0.273 e. The molecule has 0 aliphatic rings. The molecule has 2 N–H and O–H groups in total. The first-order chi connectivity index (χ1) is 13.4. The van der Waals surface area contributed by atoms with Crippen molar-refractivity contribution in [1.29, 1.82) is 0 Å². The SMILES string of the molecule is C[C@H](NC(=O)c1ccc(F)c(F)c1)c1nc(C(=O)NCc2ccncc2)co1. The lowest BCUT2D eigenvalue weighted by molar-refractivity contribution is 0.0931. The van der Waals surface area contributed by atoms with Crippen LogP contribution >= 0.6 is 0 Å². The summed E-state index contributed by atoms with van der Waals surface area (Å²) in [7, 11) is 0. The molecule has 3 aromatic rings. The molecule has 0 aliphatic heterocycles. The third kappa shape index (κ3) is 4.56. The number of carbonyl (C=O) groups excluding carboxylic acids is 2. The van der Waals surface area contributed by atoms with Gasteiger partial charge < -0.3 is 15.1 Å². The number of nitrogens with one attached hydrogen (secondary N) is 2. The van der Waals surface area contributed by atoms with Gasteiger partial charge in [0.1, 0.15) is 12.3 Å². The number of amides is 2. The van der Waals surface area contributed by atoms with Gasteiger partial charge in [-0.05, 0) is 42.8 Å². The van der Waals surface area contributed by atoms with E-state index >= 15 is 0 Å². The van der Waals surface area contributed by atoms with Crippen molar-refractivity contribution >= 4 is 11.8 Å². The number of rotatable bonds is 6. The largest absolute Gasteiger partial charge is 0.446 e. The molecule has 0 unspecified atom stereocenters. The fourth-order valence-electron chi connectivity index (χ4n) is 2.34. The molecule has 28 heavy (non-hydrogen) atoms. The number of hydrogen-bond donors (Lipinski definition) is 2. The first kappa shape index (κ1) is 19.2. The zero-order valence-electron chi connectivity index (χ0n) is 14.8. The van der Waals surface area contributed by atoms with Gasteiger partial charge in [-0.25, -0.2) is 13.8 Å². The first-order valence-electron chi connectivity index (χ1n) is 8.32. The molecule has 0 fully saturated rings. The van der Waals surface area contributed by atoms with Crippen molar-refractivity contribution in [3.63, 3.8) is 0 Å². The Hall–Kier alpha value is -3.62. The average molecular weight is 386 g/mol. The number of oxazole rings is 1. The van der Waals surface area contributed by atoms with E-state index in [1.807, 2.05) is 0 Å². The van der Waals surface area contributed by atoms with E-state index in [1.54, 1.807) is 31.5 Å². The van der Waals surface area contributed by atoms with Crippen LogP contribution in [0.15, 0.2) is 53.4 Å². The summed E-state index contributed by atoms with van der Waals surface area (Å²) < 4.78 is 31.5. The highest BCUT2D eigenvalue weighted by Gasteiger charge is 2.19. The van der Waals surface area contributed by atoms with E-state index in [4.69, 9.17) is 4.42 Å². The second kappa shape index (κ2) is 8.38. The predicted molar refractivity (Wildman–Crippen MR) is 94.1 cm³/mol. The molecule has 0 saturated carbocycles. The van der Waals surface area contributed by atoms with Crippen molar-refractivity contribution < 1.29 is 22.8 Å². The number of benzene rings is 1. The molecular formula is C19H16F2N4O3. The van der Waals surface area contributed by atoms with Crippen molar-refractivity contribution in [1.82, 2.24) is 20.6 Å². The maximum absolute atomic E-state index is 13.3. The number of carbonyl (C=O) groups is 2. The number of aromatic nitrogens is 2. The quantitative estimate of drug-likeness (QED) is 0.679. The highest BCUT2D eigenvalue weighted by Crippen LogP contribution is 2.14. The van der Waals surface area contributed by atoms with Gasteiger partial charge in [0.2, 0.25) is 5.89 Å². The normalized spacial score (nSPS) is 11.7. The highest BCUT2D eigenvalue weighted by molar-refractivity contribution is 5.94. The molecule has 2 amide bonds. The first-order valence-corrected chi connectivity index (χ1v) is 8.32. The minimum Gasteiger partial charge on any atom is -0.446 e. The Balaban J connectivity index is 1.60. The predicted octanol–water partition coefficient (Wildman–Crippen LogP) is 2.77. The Kier molecular flexibility index (Phi) is 5.73. The molecule has 0 spiro atoms. The van der Waals surface area contributed by atoms with Gasteiger partial charge in [0.25, 0.3) is 11.8 Å². The topological polar surface area (TPSA) is 97.1 Å². The van der Waals surface area contributed by atoms with Crippen molar-refractivity contribution in [2.75, 3.05) is 0 Å². The lowest BCUT2D eigenvalue weighted by atomic mass is 10.2. The van der Waals surface area contributed by atoms with Gasteiger partial charge in [-0.15, -0.1) is 0 Å². The van der Waals surface area contributed by atoms with Crippen LogP contribution in [-0.4, -0.2) is 21.8 Å². The molecule has 3 rings (SSSR count). The summed E-state index contributed by atoms with van der Waals surface area (Å²) in [5.74, 6) is -3.13. The zero-order valence-corrected chi connectivity index (χ0v) is 14.8. The van der Waals surface area contributed by atoms with E-state index < -0.39 is 29.5 Å². The van der Waals surface area contributed by atoms with Crippen LogP contribution in [0.3, 0.4) is 0 Å². The van der Waals surface area contributed by atoms with Crippen LogP contribution in [0.1, 0.15) is 45.3 Å². The lowest BCUT2D eigenvalue weighted by Crippen LogP contribution is -2.27. The fraction of sp³-hybridized carbons (Fsp3) is 0.158. The Bertz CT molecular complexity index is 992. The third-order valence-electron chi connectivity index (χ3n) is 3.86. The van der Waals surface area contributed by atoms with Crippen LogP contribution in [0.25, 0.3) is 0 Å². The van der Waals surface area contributed by atoms with Crippen LogP contribution in [0.4, 0.5) is 8.78 Å².